The molecule has 0 radical (unpaired) electrons. The Morgan fingerprint density at radius 2 is 1.54 bits per heavy atom. The average molecular weight is 317 g/mol. The summed E-state index contributed by atoms with van der Waals surface area (Å²) in [5.41, 5.74) is 3.58. The average Bonchev–Trinajstić information content (AvgIpc) is 2.92. The van der Waals surface area contributed by atoms with Gasteiger partial charge >= 0.3 is 0 Å². The number of furan rings is 1. The maximum absolute atomic E-state index is 10.4. The first-order chi connectivity index (χ1) is 11.5. The highest BCUT2D eigenvalue weighted by Crippen LogP contribution is 2.33. The van der Waals surface area contributed by atoms with Crippen molar-refractivity contribution in [3.8, 4) is 0 Å². The fraction of sp³-hybridized carbons (Fsp3) is 0.143. The van der Waals surface area contributed by atoms with Gasteiger partial charge in [-0.1, -0.05) is 36.4 Å². The molecular weight excluding hydrogens is 298 g/mol. The number of benzene rings is 3. The second-order valence-corrected chi connectivity index (χ2v) is 6.54. The van der Waals surface area contributed by atoms with E-state index in [0.717, 1.165) is 38.9 Å². The van der Waals surface area contributed by atoms with Crippen molar-refractivity contribution in [3.05, 3.63) is 72.3 Å². The topological polar surface area (TPSA) is 45.4 Å². The Morgan fingerprint density at radius 1 is 0.833 bits per heavy atom. The largest absolute Gasteiger partial charge is 0.456 e. The molecule has 0 atom stereocenters. The molecule has 0 fully saturated rings. The zero-order valence-electron chi connectivity index (χ0n) is 13.7. The Hall–Kier alpha value is -2.78. The summed E-state index contributed by atoms with van der Waals surface area (Å²) < 4.78 is 5.87. The van der Waals surface area contributed by atoms with Crippen LogP contribution >= 0.6 is 0 Å². The lowest BCUT2D eigenvalue weighted by Crippen LogP contribution is -2.17. The molecular formula is C21H19NO2. The van der Waals surface area contributed by atoms with E-state index >= 15 is 0 Å². The van der Waals surface area contributed by atoms with E-state index in [0.29, 0.717) is 0 Å². The Bertz CT molecular complexity index is 1020. The van der Waals surface area contributed by atoms with Gasteiger partial charge in [0.15, 0.2) is 0 Å². The van der Waals surface area contributed by atoms with E-state index in [-0.39, 0.29) is 0 Å². The molecule has 0 aliphatic rings. The van der Waals surface area contributed by atoms with Gasteiger partial charge in [0.1, 0.15) is 11.2 Å². The summed E-state index contributed by atoms with van der Waals surface area (Å²) in [6.45, 7) is 3.58. The third-order valence-corrected chi connectivity index (χ3v) is 4.24. The molecule has 0 saturated carbocycles. The summed E-state index contributed by atoms with van der Waals surface area (Å²) in [5, 5.41) is 16.0. The van der Waals surface area contributed by atoms with Crippen molar-refractivity contribution < 1.29 is 9.52 Å². The van der Waals surface area contributed by atoms with Crippen molar-refractivity contribution in [1.82, 2.24) is 0 Å². The number of hydrogen-bond acceptors (Lipinski definition) is 3. The molecule has 1 aromatic heterocycles. The number of para-hydroxylation sites is 2. The van der Waals surface area contributed by atoms with Crippen molar-refractivity contribution in [2.24, 2.45) is 0 Å². The second-order valence-electron chi connectivity index (χ2n) is 6.54. The Balaban J connectivity index is 1.80. The molecule has 0 bridgehead atoms. The molecule has 4 rings (SSSR count). The first-order valence-corrected chi connectivity index (χ1v) is 8.02. The van der Waals surface area contributed by atoms with Crippen LogP contribution in [0.5, 0.6) is 0 Å². The van der Waals surface area contributed by atoms with E-state index in [1.165, 1.54) is 0 Å². The summed E-state index contributed by atoms with van der Waals surface area (Å²) >= 11 is 0. The lowest BCUT2D eigenvalue weighted by Gasteiger charge is -2.22. The summed E-state index contributed by atoms with van der Waals surface area (Å²) in [5.74, 6) is 0. The molecule has 0 aliphatic heterocycles. The normalized spacial score (nSPS) is 12.0. The van der Waals surface area contributed by atoms with Crippen LogP contribution in [0.2, 0.25) is 0 Å². The monoisotopic (exact) mass is 317 g/mol. The van der Waals surface area contributed by atoms with E-state index in [1.54, 1.807) is 13.8 Å². The van der Waals surface area contributed by atoms with Crippen molar-refractivity contribution in [2.45, 2.75) is 19.4 Å². The maximum Gasteiger partial charge on any atom is 0.135 e. The number of anilines is 2. The Labute approximate surface area is 140 Å². The summed E-state index contributed by atoms with van der Waals surface area (Å²) in [4.78, 5) is 0. The zero-order valence-corrected chi connectivity index (χ0v) is 13.7. The van der Waals surface area contributed by atoms with Gasteiger partial charge < -0.3 is 14.8 Å². The molecule has 3 heteroatoms. The number of fused-ring (bicyclic) bond motifs is 3. The van der Waals surface area contributed by atoms with Crippen molar-refractivity contribution in [2.75, 3.05) is 5.32 Å². The molecule has 0 aliphatic carbocycles. The minimum Gasteiger partial charge on any atom is -0.456 e. The van der Waals surface area contributed by atoms with Crippen molar-refractivity contribution in [1.29, 1.82) is 0 Å². The van der Waals surface area contributed by atoms with Crippen LogP contribution in [0.15, 0.2) is 71.1 Å². The van der Waals surface area contributed by atoms with E-state index < -0.39 is 5.60 Å². The van der Waals surface area contributed by atoms with Crippen LogP contribution in [0.25, 0.3) is 21.9 Å². The van der Waals surface area contributed by atoms with Gasteiger partial charge in [0.25, 0.3) is 0 Å². The molecule has 4 aromatic rings. The van der Waals surface area contributed by atoms with E-state index in [9.17, 15) is 5.11 Å². The number of hydrogen-bond donors (Lipinski definition) is 2. The van der Waals surface area contributed by atoms with Gasteiger partial charge in [0, 0.05) is 27.7 Å². The van der Waals surface area contributed by atoms with Gasteiger partial charge in [-0.25, -0.2) is 0 Å². The third-order valence-electron chi connectivity index (χ3n) is 4.24. The number of aliphatic hydroxyl groups is 1. The maximum atomic E-state index is 10.4. The predicted molar refractivity (Wildman–Crippen MR) is 98.7 cm³/mol. The van der Waals surface area contributed by atoms with Gasteiger partial charge in [-0.2, -0.15) is 0 Å². The van der Waals surface area contributed by atoms with Crippen LogP contribution in [-0.4, -0.2) is 5.11 Å². The van der Waals surface area contributed by atoms with Gasteiger partial charge in [0.05, 0.1) is 5.60 Å². The van der Waals surface area contributed by atoms with Crippen LogP contribution in [-0.2, 0) is 5.60 Å². The molecule has 3 aromatic carbocycles. The van der Waals surface area contributed by atoms with Crippen molar-refractivity contribution in [3.63, 3.8) is 0 Å². The minimum atomic E-state index is -0.907. The van der Waals surface area contributed by atoms with Crippen LogP contribution in [0.1, 0.15) is 19.4 Å². The number of nitrogens with one attached hydrogen (secondary N) is 1. The highest BCUT2D eigenvalue weighted by molar-refractivity contribution is 6.06. The fourth-order valence-corrected chi connectivity index (χ4v) is 3.08. The Kier molecular flexibility index (Phi) is 3.32. The standard InChI is InChI=1S/C21H19NO2/c1-21(2,23)17-8-4-5-9-18(17)22-14-11-12-20-16(13-14)15-7-3-6-10-19(15)24-20/h3-13,22-23H,1-2H3. The van der Waals surface area contributed by atoms with E-state index in [2.05, 4.69) is 17.4 Å². The molecule has 1 heterocycles. The molecule has 0 amide bonds. The lowest BCUT2D eigenvalue weighted by atomic mass is 9.96. The summed E-state index contributed by atoms with van der Waals surface area (Å²) in [6, 6.07) is 21.9. The highest BCUT2D eigenvalue weighted by atomic mass is 16.3. The van der Waals surface area contributed by atoms with Crippen LogP contribution < -0.4 is 5.32 Å². The van der Waals surface area contributed by atoms with Gasteiger partial charge in [0.2, 0.25) is 0 Å². The van der Waals surface area contributed by atoms with Gasteiger partial charge in [-0.3, -0.25) is 0 Å². The second kappa shape index (κ2) is 5.39. The van der Waals surface area contributed by atoms with Crippen molar-refractivity contribution >= 4 is 33.3 Å². The smallest absolute Gasteiger partial charge is 0.135 e. The molecule has 2 N–H and O–H groups in total. The van der Waals surface area contributed by atoms with E-state index in [4.69, 9.17) is 4.42 Å². The molecule has 3 nitrogen and oxygen atoms in total. The van der Waals surface area contributed by atoms with Gasteiger partial charge in [-0.15, -0.1) is 0 Å². The predicted octanol–water partition coefficient (Wildman–Crippen LogP) is 5.56. The number of rotatable bonds is 3. The molecule has 120 valence electrons. The van der Waals surface area contributed by atoms with Crippen LogP contribution in [0, 0.1) is 0 Å². The van der Waals surface area contributed by atoms with Crippen LogP contribution in [0.4, 0.5) is 11.4 Å². The third kappa shape index (κ3) is 2.53. The highest BCUT2D eigenvalue weighted by Gasteiger charge is 2.19. The Morgan fingerprint density at radius 3 is 2.38 bits per heavy atom. The minimum absolute atomic E-state index is 0.863. The fourth-order valence-electron chi connectivity index (χ4n) is 3.08. The quantitative estimate of drug-likeness (QED) is 0.520. The van der Waals surface area contributed by atoms with E-state index in [1.807, 2.05) is 54.6 Å². The molecule has 0 saturated heterocycles. The summed E-state index contributed by atoms with van der Waals surface area (Å²) in [6.07, 6.45) is 0. The molecule has 0 unspecified atom stereocenters. The van der Waals surface area contributed by atoms with Crippen LogP contribution in [0.3, 0.4) is 0 Å². The first kappa shape index (κ1) is 14.8. The van der Waals surface area contributed by atoms with Gasteiger partial charge in [-0.05, 0) is 44.2 Å². The molecule has 24 heavy (non-hydrogen) atoms. The lowest BCUT2D eigenvalue weighted by molar-refractivity contribution is 0.0794. The summed E-state index contributed by atoms with van der Waals surface area (Å²) in [7, 11) is 0. The SMILES string of the molecule is CC(C)(O)c1ccccc1Nc1ccc2oc3ccccc3c2c1. The molecule has 0 spiro atoms. The first-order valence-electron chi connectivity index (χ1n) is 8.02. The zero-order chi connectivity index (χ0) is 16.7.